The SMILES string of the molecule is CC(C)CN1CCC[C@@H]1CNC(=O)NCCc1ccc(CO)cc1. The number of hydrogen-bond acceptors (Lipinski definition) is 3. The van der Waals surface area contributed by atoms with Crippen molar-refractivity contribution >= 4 is 6.03 Å². The Labute approximate surface area is 145 Å². The van der Waals surface area contributed by atoms with E-state index in [4.69, 9.17) is 5.11 Å². The van der Waals surface area contributed by atoms with Gasteiger partial charge in [-0.1, -0.05) is 38.1 Å². The van der Waals surface area contributed by atoms with E-state index in [1.807, 2.05) is 24.3 Å². The zero-order valence-corrected chi connectivity index (χ0v) is 14.9. The molecule has 0 spiro atoms. The number of benzene rings is 1. The average molecular weight is 333 g/mol. The molecule has 2 rings (SSSR count). The van der Waals surface area contributed by atoms with Crippen LogP contribution in [-0.4, -0.2) is 48.3 Å². The van der Waals surface area contributed by atoms with Crippen LogP contribution in [0.3, 0.4) is 0 Å². The van der Waals surface area contributed by atoms with Gasteiger partial charge in [-0.15, -0.1) is 0 Å². The molecule has 1 aromatic carbocycles. The van der Waals surface area contributed by atoms with Gasteiger partial charge in [0.2, 0.25) is 0 Å². The van der Waals surface area contributed by atoms with Crippen LogP contribution in [0.5, 0.6) is 0 Å². The van der Waals surface area contributed by atoms with Crippen molar-refractivity contribution in [1.82, 2.24) is 15.5 Å². The number of likely N-dealkylation sites (tertiary alicyclic amines) is 1. The Balaban J connectivity index is 1.64. The lowest BCUT2D eigenvalue weighted by Gasteiger charge is -2.26. The summed E-state index contributed by atoms with van der Waals surface area (Å²) in [7, 11) is 0. The Kier molecular flexibility index (Phi) is 7.53. The zero-order valence-electron chi connectivity index (χ0n) is 14.9. The van der Waals surface area contributed by atoms with Crippen LogP contribution in [-0.2, 0) is 13.0 Å². The molecule has 24 heavy (non-hydrogen) atoms. The van der Waals surface area contributed by atoms with Crippen LogP contribution < -0.4 is 10.6 Å². The van der Waals surface area contributed by atoms with Crippen LogP contribution >= 0.6 is 0 Å². The van der Waals surface area contributed by atoms with E-state index in [-0.39, 0.29) is 12.6 Å². The number of aliphatic hydroxyl groups excluding tert-OH is 1. The topological polar surface area (TPSA) is 64.6 Å². The first-order valence-electron chi connectivity index (χ1n) is 9.03. The predicted octanol–water partition coefficient (Wildman–Crippen LogP) is 2.14. The third-order valence-corrected chi connectivity index (χ3v) is 4.50. The maximum absolute atomic E-state index is 11.9. The minimum Gasteiger partial charge on any atom is -0.392 e. The van der Waals surface area contributed by atoms with Gasteiger partial charge < -0.3 is 15.7 Å². The molecule has 1 aromatic rings. The Morgan fingerprint density at radius 3 is 2.62 bits per heavy atom. The highest BCUT2D eigenvalue weighted by Crippen LogP contribution is 2.17. The van der Waals surface area contributed by atoms with Crippen LogP contribution in [0.2, 0.25) is 0 Å². The molecule has 1 saturated heterocycles. The van der Waals surface area contributed by atoms with E-state index in [1.165, 1.54) is 12.8 Å². The van der Waals surface area contributed by atoms with Crippen molar-refractivity contribution in [2.24, 2.45) is 5.92 Å². The van der Waals surface area contributed by atoms with Gasteiger partial charge in [0, 0.05) is 25.7 Å². The lowest BCUT2D eigenvalue weighted by Crippen LogP contribution is -2.45. The fourth-order valence-electron chi connectivity index (χ4n) is 3.24. The van der Waals surface area contributed by atoms with Gasteiger partial charge in [0.25, 0.3) is 0 Å². The highest BCUT2D eigenvalue weighted by molar-refractivity contribution is 5.73. The lowest BCUT2D eigenvalue weighted by atomic mass is 10.1. The Hall–Kier alpha value is -1.59. The van der Waals surface area contributed by atoms with Gasteiger partial charge in [-0.05, 0) is 42.9 Å². The van der Waals surface area contributed by atoms with Crippen LogP contribution in [0.1, 0.15) is 37.8 Å². The van der Waals surface area contributed by atoms with Crippen LogP contribution in [0.15, 0.2) is 24.3 Å². The van der Waals surface area contributed by atoms with Crippen molar-refractivity contribution < 1.29 is 9.90 Å². The van der Waals surface area contributed by atoms with E-state index in [0.717, 1.165) is 37.2 Å². The highest BCUT2D eigenvalue weighted by Gasteiger charge is 2.24. The summed E-state index contributed by atoms with van der Waals surface area (Å²) in [4.78, 5) is 14.4. The Morgan fingerprint density at radius 2 is 1.96 bits per heavy atom. The average Bonchev–Trinajstić information content (AvgIpc) is 3.00. The van der Waals surface area contributed by atoms with Crippen molar-refractivity contribution in [3.05, 3.63) is 35.4 Å². The third-order valence-electron chi connectivity index (χ3n) is 4.50. The standard InChI is InChI=1S/C19H31N3O2/c1-15(2)13-22-11-3-4-18(22)12-21-19(24)20-10-9-16-5-7-17(14-23)8-6-16/h5-8,15,18,23H,3-4,9-14H2,1-2H3,(H2,20,21,24)/t18-/m1/s1. The number of carbonyl (C=O) groups excluding carboxylic acids is 1. The molecule has 1 aliphatic heterocycles. The monoisotopic (exact) mass is 333 g/mol. The molecule has 0 saturated carbocycles. The quantitative estimate of drug-likeness (QED) is 0.683. The van der Waals surface area contributed by atoms with E-state index >= 15 is 0 Å². The normalized spacial score (nSPS) is 18.1. The molecule has 1 fully saturated rings. The van der Waals surface area contributed by atoms with Gasteiger partial charge in [0.15, 0.2) is 0 Å². The van der Waals surface area contributed by atoms with Crippen LogP contribution in [0.25, 0.3) is 0 Å². The lowest BCUT2D eigenvalue weighted by molar-refractivity contribution is 0.213. The molecule has 2 amide bonds. The summed E-state index contributed by atoms with van der Waals surface area (Å²) in [5, 5.41) is 15.0. The number of rotatable bonds is 8. The summed E-state index contributed by atoms with van der Waals surface area (Å²) < 4.78 is 0. The van der Waals surface area contributed by atoms with E-state index in [0.29, 0.717) is 18.5 Å². The molecule has 3 N–H and O–H groups in total. The molecule has 5 nitrogen and oxygen atoms in total. The van der Waals surface area contributed by atoms with Gasteiger partial charge in [0.1, 0.15) is 0 Å². The number of nitrogens with zero attached hydrogens (tertiary/aromatic N) is 1. The number of amides is 2. The molecule has 1 aliphatic rings. The minimum atomic E-state index is -0.0848. The number of carbonyl (C=O) groups is 1. The van der Waals surface area contributed by atoms with E-state index in [2.05, 4.69) is 29.4 Å². The van der Waals surface area contributed by atoms with Gasteiger partial charge in [-0.25, -0.2) is 4.79 Å². The van der Waals surface area contributed by atoms with Crippen LogP contribution in [0, 0.1) is 5.92 Å². The van der Waals surface area contributed by atoms with Gasteiger partial charge in [0.05, 0.1) is 6.61 Å². The summed E-state index contributed by atoms with van der Waals surface area (Å²) in [6, 6.07) is 8.21. The fraction of sp³-hybridized carbons (Fsp3) is 0.632. The second kappa shape index (κ2) is 9.64. The van der Waals surface area contributed by atoms with Gasteiger partial charge in [-0.2, -0.15) is 0 Å². The molecular weight excluding hydrogens is 302 g/mol. The van der Waals surface area contributed by atoms with Crippen LogP contribution in [0.4, 0.5) is 4.79 Å². The Bertz CT molecular complexity index is 502. The van der Waals surface area contributed by atoms with E-state index in [1.54, 1.807) is 0 Å². The van der Waals surface area contributed by atoms with Crippen molar-refractivity contribution in [1.29, 1.82) is 0 Å². The maximum Gasteiger partial charge on any atom is 0.314 e. The molecule has 0 aliphatic carbocycles. The maximum atomic E-state index is 11.9. The van der Waals surface area contributed by atoms with Gasteiger partial charge >= 0.3 is 6.03 Å². The molecule has 0 bridgehead atoms. The first kappa shape index (κ1) is 18.7. The summed E-state index contributed by atoms with van der Waals surface area (Å²) in [6.07, 6.45) is 3.19. The highest BCUT2D eigenvalue weighted by atomic mass is 16.3. The first-order chi connectivity index (χ1) is 11.6. The fourth-order valence-corrected chi connectivity index (χ4v) is 3.24. The summed E-state index contributed by atoms with van der Waals surface area (Å²) >= 11 is 0. The zero-order chi connectivity index (χ0) is 17.4. The van der Waals surface area contributed by atoms with Gasteiger partial charge in [-0.3, -0.25) is 4.90 Å². The number of urea groups is 1. The Morgan fingerprint density at radius 1 is 1.25 bits per heavy atom. The summed E-state index contributed by atoms with van der Waals surface area (Å²) in [6.45, 7) is 8.14. The smallest absolute Gasteiger partial charge is 0.314 e. The molecule has 1 heterocycles. The molecule has 134 valence electrons. The van der Waals surface area contributed by atoms with Crippen molar-refractivity contribution in [2.45, 2.75) is 45.8 Å². The summed E-state index contributed by atoms with van der Waals surface area (Å²) in [5.41, 5.74) is 2.07. The molecule has 0 radical (unpaired) electrons. The second-order valence-corrected chi connectivity index (χ2v) is 7.05. The summed E-state index contributed by atoms with van der Waals surface area (Å²) in [5.74, 6) is 0.664. The predicted molar refractivity (Wildman–Crippen MR) is 96.9 cm³/mol. The van der Waals surface area contributed by atoms with Crippen molar-refractivity contribution in [3.8, 4) is 0 Å². The first-order valence-corrected chi connectivity index (χ1v) is 9.03. The van der Waals surface area contributed by atoms with E-state index < -0.39 is 0 Å². The molecule has 0 unspecified atom stereocenters. The van der Waals surface area contributed by atoms with Crippen molar-refractivity contribution in [3.63, 3.8) is 0 Å². The molecular formula is C19H31N3O2. The van der Waals surface area contributed by atoms with E-state index in [9.17, 15) is 4.79 Å². The molecule has 0 aromatic heterocycles. The number of aliphatic hydroxyl groups is 1. The minimum absolute atomic E-state index is 0.0654. The number of hydrogen-bond donors (Lipinski definition) is 3. The second-order valence-electron chi connectivity index (χ2n) is 7.05. The third kappa shape index (κ3) is 6.13. The molecule has 5 heteroatoms. The number of nitrogens with one attached hydrogen (secondary N) is 2. The molecule has 1 atom stereocenters. The van der Waals surface area contributed by atoms with Crippen molar-refractivity contribution in [2.75, 3.05) is 26.2 Å². The largest absolute Gasteiger partial charge is 0.392 e.